The predicted octanol–water partition coefficient (Wildman–Crippen LogP) is 4.32. The van der Waals surface area contributed by atoms with E-state index in [1.54, 1.807) is 25.1 Å². The van der Waals surface area contributed by atoms with Gasteiger partial charge < -0.3 is 10.2 Å². The molecule has 4 nitrogen and oxygen atoms in total. The molecule has 0 aromatic heterocycles. The maximum absolute atomic E-state index is 14.2. The van der Waals surface area contributed by atoms with Gasteiger partial charge in [-0.3, -0.25) is 9.59 Å². The van der Waals surface area contributed by atoms with Gasteiger partial charge in [0.25, 0.3) is 0 Å². The summed E-state index contributed by atoms with van der Waals surface area (Å²) < 4.78 is 14.2. The van der Waals surface area contributed by atoms with Gasteiger partial charge in [0.05, 0.1) is 6.42 Å². The van der Waals surface area contributed by atoms with Crippen LogP contribution in [0.15, 0.2) is 42.5 Å². The Bertz CT molecular complexity index is 851. The van der Waals surface area contributed by atoms with E-state index in [1.807, 2.05) is 39.0 Å². The van der Waals surface area contributed by atoms with Crippen molar-refractivity contribution in [3.63, 3.8) is 0 Å². The van der Waals surface area contributed by atoms with E-state index in [-0.39, 0.29) is 30.6 Å². The lowest BCUT2D eigenvalue weighted by atomic mass is 10.0. The van der Waals surface area contributed by atoms with E-state index in [1.165, 1.54) is 11.0 Å². The Balaban J connectivity index is 2.22. The molecule has 0 saturated heterocycles. The molecule has 2 aromatic rings. The molecule has 0 saturated carbocycles. The van der Waals surface area contributed by atoms with Gasteiger partial charge in [0.1, 0.15) is 11.9 Å². The molecule has 2 aromatic carbocycles. The average Bonchev–Trinajstić information content (AvgIpc) is 2.69. The summed E-state index contributed by atoms with van der Waals surface area (Å²) in [6, 6.07) is 11.6. The van der Waals surface area contributed by atoms with Gasteiger partial charge in [0.2, 0.25) is 11.8 Å². The van der Waals surface area contributed by atoms with Crippen molar-refractivity contribution < 1.29 is 14.0 Å². The van der Waals surface area contributed by atoms with Crippen LogP contribution in [-0.4, -0.2) is 29.3 Å². The van der Waals surface area contributed by atoms with Crippen LogP contribution in [0, 0.1) is 19.7 Å². The number of unbranched alkanes of at least 4 members (excludes halogenated alkanes) is 1. The third-order valence-electron chi connectivity index (χ3n) is 5.22. The van der Waals surface area contributed by atoms with Crippen LogP contribution in [0.5, 0.6) is 0 Å². The molecule has 156 valence electrons. The molecule has 0 unspecified atom stereocenters. The number of benzene rings is 2. The third-order valence-corrected chi connectivity index (χ3v) is 5.22. The van der Waals surface area contributed by atoms with Gasteiger partial charge in [-0.1, -0.05) is 49.7 Å². The minimum atomic E-state index is -0.689. The van der Waals surface area contributed by atoms with Crippen LogP contribution < -0.4 is 5.32 Å². The third kappa shape index (κ3) is 6.41. The van der Waals surface area contributed by atoms with E-state index >= 15 is 0 Å². The van der Waals surface area contributed by atoms with Gasteiger partial charge in [0.15, 0.2) is 0 Å². The number of nitrogens with one attached hydrogen (secondary N) is 1. The fraction of sp³-hybridized carbons (Fsp3) is 0.417. The smallest absolute Gasteiger partial charge is 0.242 e. The molecule has 0 fully saturated rings. The van der Waals surface area contributed by atoms with Crippen LogP contribution in [0.4, 0.5) is 4.39 Å². The maximum atomic E-state index is 14.2. The summed E-state index contributed by atoms with van der Waals surface area (Å²) in [6.07, 6.45) is 2.02. The summed E-state index contributed by atoms with van der Waals surface area (Å²) in [5.74, 6) is -0.798. The second-order valence-corrected chi connectivity index (χ2v) is 7.53. The van der Waals surface area contributed by atoms with Crippen molar-refractivity contribution in [3.05, 3.63) is 70.5 Å². The molecule has 29 heavy (non-hydrogen) atoms. The van der Waals surface area contributed by atoms with Crippen LogP contribution in [0.3, 0.4) is 0 Å². The van der Waals surface area contributed by atoms with E-state index < -0.39 is 6.04 Å². The number of carbonyl (C=O) groups excluding carboxylic acids is 2. The Morgan fingerprint density at radius 3 is 2.48 bits per heavy atom. The van der Waals surface area contributed by atoms with E-state index in [2.05, 4.69) is 5.32 Å². The number of nitrogens with zero attached hydrogens (tertiary/aromatic N) is 1. The second kappa shape index (κ2) is 10.7. The molecule has 0 bridgehead atoms. The Labute approximate surface area is 173 Å². The molecule has 1 atom stereocenters. The van der Waals surface area contributed by atoms with E-state index in [9.17, 15) is 14.0 Å². The zero-order valence-corrected chi connectivity index (χ0v) is 17.8. The quantitative estimate of drug-likeness (QED) is 0.640. The minimum absolute atomic E-state index is 0.0543. The molecule has 0 heterocycles. The number of aryl methyl sites for hydroxylation is 2. The van der Waals surface area contributed by atoms with Crippen LogP contribution in [0.25, 0.3) is 0 Å². The predicted molar refractivity (Wildman–Crippen MR) is 114 cm³/mol. The summed E-state index contributed by atoms with van der Waals surface area (Å²) in [6.45, 7) is 8.39. The molecule has 0 aliphatic rings. The highest BCUT2D eigenvalue weighted by atomic mass is 19.1. The number of hydrogen-bond donors (Lipinski definition) is 1. The molecule has 2 rings (SSSR count). The Morgan fingerprint density at radius 1 is 1.10 bits per heavy atom. The summed E-state index contributed by atoms with van der Waals surface area (Å²) in [4.78, 5) is 27.2. The molecule has 2 amide bonds. The van der Waals surface area contributed by atoms with E-state index in [0.29, 0.717) is 12.1 Å². The average molecular weight is 399 g/mol. The lowest BCUT2D eigenvalue weighted by Gasteiger charge is -2.29. The zero-order valence-electron chi connectivity index (χ0n) is 17.8. The number of amides is 2. The Morgan fingerprint density at radius 2 is 1.83 bits per heavy atom. The van der Waals surface area contributed by atoms with Crippen molar-refractivity contribution in [3.8, 4) is 0 Å². The van der Waals surface area contributed by atoms with Crippen molar-refractivity contribution in [2.45, 2.75) is 59.5 Å². The number of rotatable bonds is 9. The maximum Gasteiger partial charge on any atom is 0.242 e. The molecule has 0 aliphatic heterocycles. The standard InChI is InChI=1S/C24H31FN2O2/c1-5-6-13-26-24(29)19(4)27(16-21-9-7-8-10-22(21)25)23(28)15-20-12-11-17(2)18(3)14-20/h7-12,14,19H,5-6,13,15-16H2,1-4H3,(H,26,29)/t19-/m0/s1. The Kier molecular flexibility index (Phi) is 8.37. The summed E-state index contributed by atoms with van der Waals surface area (Å²) in [5, 5.41) is 2.87. The molecule has 0 aliphatic carbocycles. The first kappa shape index (κ1) is 22.6. The lowest BCUT2D eigenvalue weighted by Crippen LogP contribution is -2.48. The summed E-state index contributed by atoms with van der Waals surface area (Å²) in [7, 11) is 0. The fourth-order valence-corrected chi connectivity index (χ4v) is 3.12. The molecular formula is C24H31FN2O2. The van der Waals surface area contributed by atoms with Crippen LogP contribution in [-0.2, 0) is 22.6 Å². The zero-order chi connectivity index (χ0) is 21.4. The first-order chi connectivity index (χ1) is 13.8. The van der Waals surface area contributed by atoms with Gasteiger partial charge in [-0.15, -0.1) is 0 Å². The number of carbonyl (C=O) groups is 2. The van der Waals surface area contributed by atoms with Crippen molar-refractivity contribution in [2.24, 2.45) is 0 Å². The van der Waals surface area contributed by atoms with Crippen LogP contribution in [0.2, 0.25) is 0 Å². The number of halogens is 1. The lowest BCUT2D eigenvalue weighted by molar-refractivity contribution is -0.140. The van der Waals surface area contributed by atoms with Gasteiger partial charge in [0, 0.05) is 18.7 Å². The second-order valence-electron chi connectivity index (χ2n) is 7.53. The number of hydrogen-bond acceptors (Lipinski definition) is 2. The van der Waals surface area contributed by atoms with Gasteiger partial charge in [-0.2, -0.15) is 0 Å². The van der Waals surface area contributed by atoms with Crippen LogP contribution >= 0.6 is 0 Å². The topological polar surface area (TPSA) is 49.4 Å². The van der Waals surface area contributed by atoms with Crippen molar-refractivity contribution in [1.29, 1.82) is 0 Å². The fourth-order valence-electron chi connectivity index (χ4n) is 3.12. The molecular weight excluding hydrogens is 367 g/mol. The van der Waals surface area contributed by atoms with Gasteiger partial charge in [-0.25, -0.2) is 4.39 Å². The van der Waals surface area contributed by atoms with Crippen molar-refractivity contribution in [1.82, 2.24) is 10.2 Å². The van der Waals surface area contributed by atoms with E-state index in [0.717, 1.165) is 29.5 Å². The van der Waals surface area contributed by atoms with Crippen LogP contribution in [0.1, 0.15) is 48.9 Å². The van der Waals surface area contributed by atoms with E-state index in [4.69, 9.17) is 0 Å². The minimum Gasteiger partial charge on any atom is -0.354 e. The molecule has 0 radical (unpaired) electrons. The molecule has 0 spiro atoms. The Hall–Kier alpha value is -2.69. The van der Waals surface area contributed by atoms with Gasteiger partial charge in [-0.05, 0) is 49.9 Å². The highest BCUT2D eigenvalue weighted by Crippen LogP contribution is 2.16. The molecule has 5 heteroatoms. The van der Waals surface area contributed by atoms with Crippen molar-refractivity contribution >= 4 is 11.8 Å². The summed E-state index contributed by atoms with van der Waals surface area (Å²) >= 11 is 0. The SMILES string of the molecule is CCCCNC(=O)[C@H](C)N(Cc1ccccc1F)C(=O)Cc1ccc(C)c(C)c1. The first-order valence-corrected chi connectivity index (χ1v) is 10.2. The largest absolute Gasteiger partial charge is 0.354 e. The normalized spacial score (nSPS) is 11.8. The molecule has 1 N–H and O–H groups in total. The monoisotopic (exact) mass is 398 g/mol. The highest BCUT2D eigenvalue weighted by molar-refractivity contribution is 5.88. The highest BCUT2D eigenvalue weighted by Gasteiger charge is 2.26. The van der Waals surface area contributed by atoms with Crippen molar-refractivity contribution in [2.75, 3.05) is 6.54 Å². The van der Waals surface area contributed by atoms with Gasteiger partial charge >= 0.3 is 0 Å². The first-order valence-electron chi connectivity index (χ1n) is 10.2. The summed E-state index contributed by atoms with van der Waals surface area (Å²) in [5.41, 5.74) is 3.55.